The van der Waals surface area contributed by atoms with E-state index in [4.69, 9.17) is 0 Å². The third kappa shape index (κ3) is 1.27. The maximum atomic E-state index is 12.4. The van der Waals surface area contributed by atoms with Crippen molar-refractivity contribution in [2.45, 2.75) is 26.7 Å². The monoisotopic (exact) mass is 302 g/mol. The fraction of sp³-hybridized carbons (Fsp3) is 0.625. The lowest BCUT2D eigenvalue weighted by molar-refractivity contribution is -0.148. The van der Waals surface area contributed by atoms with E-state index in [1.165, 1.54) is 0 Å². The van der Waals surface area contributed by atoms with Crippen LogP contribution in [0.15, 0.2) is 11.6 Å². The Morgan fingerprint density at radius 2 is 1.36 bits per heavy atom. The van der Waals surface area contributed by atoms with E-state index in [0.717, 1.165) is 12.0 Å². The summed E-state index contributed by atoms with van der Waals surface area (Å²) < 4.78 is 0. The number of imide groups is 2. The minimum Gasteiger partial charge on any atom is -0.296 e. The smallest absolute Gasteiger partial charge is 0.231 e. The van der Waals surface area contributed by atoms with Gasteiger partial charge in [-0.2, -0.15) is 0 Å². The molecule has 2 heterocycles. The van der Waals surface area contributed by atoms with Gasteiger partial charge < -0.3 is 0 Å². The van der Waals surface area contributed by atoms with E-state index < -0.39 is 29.1 Å². The normalized spacial score (nSPS) is 45.4. The molecule has 5 rings (SSSR count). The van der Waals surface area contributed by atoms with Crippen LogP contribution < -0.4 is 10.6 Å². The summed E-state index contributed by atoms with van der Waals surface area (Å²) in [6.45, 7) is 3.92. The summed E-state index contributed by atoms with van der Waals surface area (Å²) in [5, 5.41) is 4.86. The van der Waals surface area contributed by atoms with Gasteiger partial charge in [0.2, 0.25) is 23.6 Å². The van der Waals surface area contributed by atoms with Gasteiger partial charge in [0.05, 0.1) is 23.7 Å². The van der Waals surface area contributed by atoms with Gasteiger partial charge in [0.25, 0.3) is 0 Å². The van der Waals surface area contributed by atoms with E-state index in [0.29, 0.717) is 6.42 Å². The van der Waals surface area contributed by atoms with Gasteiger partial charge >= 0.3 is 0 Å². The first-order valence-corrected chi connectivity index (χ1v) is 7.87. The highest BCUT2D eigenvalue weighted by Gasteiger charge is 2.72. The van der Waals surface area contributed by atoms with Gasteiger partial charge in [-0.25, -0.2) is 0 Å². The highest BCUT2D eigenvalue weighted by atomic mass is 16.2. The molecular formula is C16H18N2O4. The van der Waals surface area contributed by atoms with Gasteiger partial charge in [-0.3, -0.25) is 29.8 Å². The van der Waals surface area contributed by atoms with Crippen LogP contribution in [0.2, 0.25) is 0 Å². The number of amides is 4. The maximum Gasteiger partial charge on any atom is 0.231 e. The second kappa shape index (κ2) is 4.06. The Kier molecular flexibility index (Phi) is 2.52. The molecule has 3 aliphatic carbocycles. The number of rotatable bonds is 2. The zero-order valence-electron chi connectivity index (χ0n) is 12.5. The van der Waals surface area contributed by atoms with Crippen LogP contribution in [0.4, 0.5) is 0 Å². The fourth-order valence-corrected chi connectivity index (χ4v) is 5.47. The molecule has 0 aromatic rings. The van der Waals surface area contributed by atoms with Crippen molar-refractivity contribution in [3.63, 3.8) is 0 Å². The van der Waals surface area contributed by atoms with E-state index in [2.05, 4.69) is 10.6 Å². The summed E-state index contributed by atoms with van der Waals surface area (Å²) in [5.74, 6) is -3.56. The van der Waals surface area contributed by atoms with Crippen LogP contribution in [-0.4, -0.2) is 23.6 Å². The van der Waals surface area contributed by atoms with Crippen molar-refractivity contribution in [3.05, 3.63) is 11.6 Å². The molecule has 4 amide bonds. The van der Waals surface area contributed by atoms with Crippen LogP contribution in [0.1, 0.15) is 26.7 Å². The van der Waals surface area contributed by atoms with Crippen LogP contribution in [-0.2, 0) is 19.2 Å². The quantitative estimate of drug-likeness (QED) is 0.560. The molecule has 22 heavy (non-hydrogen) atoms. The van der Waals surface area contributed by atoms with Gasteiger partial charge in [0, 0.05) is 11.3 Å². The first kappa shape index (κ1) is 13.7. The van der Waals surface area contributed by atoms with Crippen molar-refractivity contribution in [2.24, 2.45) is 35.0 Å². The minimum atomic E-state index is -0.720. The highest BCUT2D eigenvalue weighted by Crippen LogP contribution is 2.65. The highest BCUT2D eigenvalue weighted by molar-refractivity contribution is 6.11. The predicted octanol–water partition coefficient (Wildman–Crippen LogP) is 0.140. The van der Waals surface area contributed by atoms with Crippen LogP contribution in [0.25, 0.3) is 0 Å². The summed E-state index contributed by atoms with van der Waals surface area (Å²) in [6.07, 6.45) is 3.32. The average molecular weight is 302 g/mol. The molecule has 0 spiro atoms. The molecule has 6 heteroatoms. The predicted molar refractivity (Wildman–Crippen MR) is 74.8 cm³/mol. The van der Waals surface area contributed by atoms with E-state index >= 15 is 0 Å². The Bertz CT molecular complexity index is 623. The van der Waals surface area contributed by atoms with Crippen molar-refractivity contribution >= 4 is 23.6 Å². The van der Waals surface area contributed by atoms with Gasteiger partial charge in [-0.05, 0) is 12.8 Å². The molecule has 2 N–H and O–H groups in total. The zero-order valence-corrected chi connectivity index (χ0v) is 12.5. The first-order valence-electron chi connectivity index (χ1n) is 7.87. The molecule has 2 bridgehead atoms. The van der Waals surface area contributed by atoms with Gasteiger partial charge in [0.1, 0.15) is 0 Å². The SMILES string of the molecule is CCC1=CC2(CC)[C@@H]3C(=O)NC(=O)[C@@H]3C1[C@@H]1C(=O)NC(=O)[C@@H]12. The fourth-order valence-electron chi connectivity index (χ4n) is 5.47. The van der Waals surface area contributed by atoms with Crippen LogP contribution >= 0.6 is 0 Å². The second-order valence-corrected chi connectivity index (χ2v) is 6.78. The van der Waals surface area contributed by atoms with Gasteiger partial charge in [0.15, 0.2) is 0 Å². The lowest BCUT2D eigenvalue weighted by atomic mass is 9.44. The molecular weight excluding hydrogens is 284 g/mol. The van der Waals surface area contributed by atoms with Gasteiger partial charge in [-0.1, -0.05) is 25.5 Å². The molecule has 2 saturated heterocycles. The maximum absolute atomic E-state index is 12.4. The lowest BCUT2D eigenvalue weighted by Gasteiger charge is -2.55. The molecule has 6 atom stereocenters. The van der Waals surface area contributed by atoms with Crippen LogP contribution in [0, 0.1) is 35.0 Å². The van der Waals surface area contributed by atoms with Crippen LogP contribution in [0.5, 0.6) is 0 Å². The molecule has 5 aliphatic rings. The summed E-state index contributed by atoms with van der Waals surface area (Å²) in [5.41, 5.74) is 0.320. The van der Waals surface area contributed by atoms with Crippen molar-refractivity contribution in [2.75, 3.05) is 0 Å². The average Bonchev–Trinajstić information content (AvgIpc) is 2.98. The third-order valence-corrected chi connectivity index (χ3v) is 6.22. The molecule has 1 saturated carbocycles. The van der Waals surface area contributed by atoms with Crippen LogP contribution in [0.3, 0.4) is 0 Å². The number of allylic oxidation sites excluding steroid dienone is 2. The molecule has 2 aliphatic heterocycles. The molecule has 0 radical (unpaired) electrons. The van der Waals surface area contributed by atoms with Crippen molar-refractivity contribution in [1.29, 1.82) is 0 Å². The molecule has 3 fully saturated rings. The van der Waals surface area contributed by atoms with Crippen molar-refractivity contribution < 1.29 is 19.2 Å². The Morgan fingerprint density at radius 3 is 1.77 bits per heavy atom. The van der Waals surface area contributed by atoms with Crippen molar-refractivity contribution in [1.82, 2.24) is 10.6 Å². The number of carbonyl (C=O) groups excluding carboxylic acids is 4. The van der Waals surface area contributed by atoms with Gasteiger partial charge in [-0.15, -0.1) is 0 Å². The number of hydrogen-bond donors (Lipinski definition) is 2. The summed E-state index contributed by atoms with van der Waals surface area (Å²) in [6, 6.07) is 0. The van der Waals surface area contributed by atoms with E-state index in [9.17, 15) is 19.2 Å². The minimum absolute atomic E-state index is 0.289. The second-order valence-electron chi connectivity index (χ2n) is 6.78. The molecule has 0 aromatic heterocycles. The van der Waals surface area contributed by atoms with E-state index in [1.54, 1.807) is 0 Å². The Morgan fingerprint density at radius 1 is 0.864 bits per heavy atom. The summed E-state index contributed by atoms with van der Waals surface area (Å²) in [7, 11) is 0. The van der Waals surface area contributed by atoms with E-state index in [-0.39, 0.29) is 29.5 Å². The Hall–Kier alpha value is -1.98. The summed E-state index contributed by atoms with van der Waals surface area (Å²) in [4.78, 5) is 49.4. The molecule has 6 nitrogen and oxygen atoms in total. The number of hydrogen-bond acceptors (Lipinski definition) is 4. The topological polar surface area (TPSA) is 92.3 Å². The van der Waals surface area contributed by atoms with Crippen molar-refractivity contribution in [3.8, 4) is 0 Å². The standard InChI is InChI=1S/C16H18N2O4/c1-3-6-5-16(4-2)10-8(12(19)17-14(10)21)7(6)9-11(16)15(22)18-13(9)20/h5,7-11H,3-4H2,1-2H3,(H,17,19,21)(H,18,20,22)/t7?,8-,9+,10+,11-,16?. The lowest BCUT2D eigenvalue weighted by Crippen LogP contribution is -2.59. The number of nitrogens with one attached hydrogen (secondary N) is 2. The number of carbonyl (C=O) groups is 4. The Labute approximate surface area is 127 Å². The molecule has 116 valence electrons. The largest absolute Gasteiger partial charge is 0.296 e. The Balaban J connectivity index is 2.00. The van der Waals surface area contributed by atoms with E-state index in [1.807, 2.05) is 19.9 Å². The zero-order chi connectivity index (χ0) is 15.8. The first-order chi connectivity index (χ1) is 10.5. The third-order valence-electron chi connectivity index (χ3n) is 6.22. The molecule has 2 unspecified atom stereocenters. The summed E-state index contributed by atoms with van der Waals surface area (Å²) >= 11 is 0. The molecule has 0 aromatic carbocycles.